The van der Waals surface area contributed by atoms with Gasteiger partial charge in [-0.25, -0.2) is 17.8 Å². The van der Waals surface area contributed by atoms with Gasteiger partial charge in [-0.3, -0.25) is 0 Å². The molecule has 0 spiro atoms. The topological polar surface area (TPSA) is 117 Å². The number of tetrazole rings is 1. The van der Waals surface area contributed by atoms with Crippen molar-refractivity contribution in [1.29, 1.82) is 0 Å². The molecule has 1 N–H and O–H groups in total. The summed E-state index contributed by atoms with van der Waals surface area (Å²) in [5.41, 5.74) is 0.807. The zero-order chi connectivity index (χ0) is 18.3. The standard InChI is InChI=1S/C15H19N5O5S/c1-23-10-5-3-4-9(6-10)15-16-18-19-20(15)12-8-25-13-11(7-24-14(12)13)17-26(2,21)22/h3-6,11-14,17H,7-8H2,1-2H3/t11-,12-,13+,14+/m0/s1. The first-order chi connectivity index (χ1) is 12.5. The monoisotopic (exact) mass is 381 g/mol. The molecule has 2 saturated heterocycles. The summed E-state index contributed by atoms with van der Waals surface area (Å²) in [7, 11) is -1.75. The van der Waals surface area contributed by atoms with Crippen molar-refractivity contribution in [3.05, 3.63) is 24.3 Å². The smallest absolute Gasteiger partial charge is 0.209 e. The van der Waals surface area contributed by atoms with Crippen LogP contribution in [0.2, 0.25) is 0 Å². The van der Waals surface area contributed by atoms with Gasteiger partial charge in [0.05, 0.1) is 32.6 Å². The number of nitrogens with zero attached hydrogens (tertiary/aromatic N) is 4. The Balaban J connectivity index is 1.60. The van der Waals surface area contributed by atoms with Gasteiger partial charge in [0.25, 0.3) is 0 Å². The van der Waals surface area contributed by atoms with Gasteiger partial charge in [0.15, 0.2) is 5.82 Å². The summed E-state index contributed by atoms with van der Waals surface area (Å²) in [5.74, 6) is 1.27. The van der Waals surface area contributed by atoms with Gasteiger partial charge >= 0.3 is 0 Å². The molecule has 1 aromatic heterocycles. The summed E-state index contributed by atoms with van der Waals surface area (Å²) in [4.78, 5) is 0. The molecule has 3 heterocycles. The molecule has 2 aliphatic heterocycles. The van der Waals surface area contributed by atoms with Crippen LogP contribution in [-0.2, 0) is 19.5 Å². The molecule has 11 heteroatoms. The summed E-state index contributed by atoms with van der Waals surface area (Å²) >= 11 is 0. The van der Waals surface area contributed by atoms with Crippen LogP contribution in [0.3, 0.4) is 0 Å². The number of rotatable bonds is 5. The number of nitrogens with one attached hydrogen (secondary N) is 1. The number of hydrogen-bond donors (Lipinski definition) is 1. The Hall–Kier alpha value is -2.08. The number of sulfonamides is 1. The highest BCUT2D eigenvalue weighted by molar-refractivity contribution is 7.88. The first kappa shape index (κ1) is 17.3. The van der Waals surface area contributed by atoms with E-state index in [1.807, 2.05) is 24.3 Å². The molecule has 4 atom stereocenters. The van der Waals surface area contributed by atoms with Crippen LogP contribution >= 0.6 is 0 Å². The lowest BCUT2D eigenvalue weighted by atomic mass is 10.1. The quantitative estimate of drug-likeness (QED) is 0.744. The predicted molar refractivity (Wildman–Crippen MR) is 90.1 cm³/mol. The minimum absolute atomic E-state index is 0.246. The van der Waals surface area contributed by atoms with Crippen molar-refractivity contribution < 1.29 is 22.6 Å². The van der Waals surface area contributed by atoms with Crippen molar-refractivity contribution in [3.8, 4) is 17.1 Å². The molecular weight excluding hydrogens is 362 g/mol. The minimum Gasteiger partial charge on any atom is -0.497 e. The Morgan fingerprint density at radius 3 is 2.85 bits per heavy atom. The van der Waals surface area contributed by atoms with Gasteiger partial charge in [-0.1, -0.05) is 12.1 Å². The first-order valence-electron chi connectivity index (χ1n) is 8.09. The number of methoxy groups -OCH3 is 1. The van der Waals surface area contributed by atoms with E-state index in [0.717, 1.165) is 11.8 Å². The lowest BCUT2D eigenvalue weighted by Crippen LogP contribution is -2.43. The number of benzene rings is 1. The molecule has 0 radical (unpaired) electrons. The van der Waals surface area contributed by atoms with Crippen molar-refractivity contribution in [2.75, 3.05) is 26.6 Å². The van der Waals surface area contributed by atoms with Gasteiger partial charge in [-0.2, -0.15) is 0 Å². The van der Waals surface area contributed by atoms with E-state index >= 15 is 0 Å². The molecule has 0 bridgehead atoms. The van der Waals surface area contributed by atoms with Crippen LogP contribution in [0.5, 0.6) is 5.75 Å². The van der Waals surface area contributed by atoms with Crippen LogP contribution in [-0.4, -0.2) is 73.5 Å². The highest BCUT2D eigenvalue weighted by atomic mass is 32.2. The SMILES string of the molecule is COc1cccc(-c2nnnn2[C@H]2CO[C@H]3[C@@H]2OC[C@@H]3NS(C)(=O)=O)c1. The van der Waals surface area contributed by atoms with E-state index in [1.165, 1.54) is 0 Å². The maximum absolute atomic E-state index is 11.5. The Bertz CT molecular complexity index is 901. The molecule has 0 saturated carbocycles. The molecule has 10 nitrogen and oxygen atoms in total. The van der Waals surface area contributed by atoms with E-state index in [9.17, 15) is 8.42 Å². The molecule has 0 amide bonds. The number of ether oxygens (including phenoxy) is 3. The van der Waals surface area contributed by atoms with Gasteiger partial charge < -0.3 is 14.2 Å². The molecule has 2 aliphatic rings. The van der Waals surface area contributed by atoms with Crippen LogP contribution in [0.4, 0.5) is 0 Å². The third-order valence-corrected chi connectivity index (χ3v) is 5.26. The summed E-state index contributed by atoms with van der Waals surface area (Å²) in [6, 6.07) is 6.77. The van der Waals surface area contributed by atoms with Crippen molar-refractivity contribution in [2.24, 2.45) is 0 Å². The van der Waals surface area contributed by atoms with E-state index in [1.54, 1.807) is 11.8 Å². The summed E-state index contributed by atoms with van der Waals surface area (Å²) < 4.78 is 44.1. The van der Waals surface area contributed by atoms with Crippen molar-refractivity contribution in [3.63, 3.8) is 0 Å². The molecule has 0 unspecified atom stereocenters. The van der Waals surface area contributed by atoms with E-state index < -0.39 is 16.1 Å². The first-order valence-corrected chi connectivity index (χ1v) is 9.98. The number of aromatic nitrogens is 4. The third kappa shape index (κ3) is 3.18. The Kier molecular flexibility index (Phi) is 4.39. The van der Waals surface area contributed by atoms with Crippen molar-refractivity contribution in [1.82, 2.24) is 24.9 Å². The molecular formula is C15H19N5O5S. The minimum atomic E-state index is -3.35. The van der Waals surface area contributed by atoms with E-state index in [-0.39, 0.29) is 24.9 Å². The van der Waals surface area contributed by atoms with Gasteiger partial charge in [0, 0.05) is 5.56 Å². The fourth-order valence-corrected chi connectivity index (χ4v) is 4.19. The maximum atomic E-state index is 11.5. The Labute approximate surface area is 150 Å². The molecule has 26 heavy (non-hydrogen) atoms. The summed E-state index contributed by atoms with van der Waals surface area (Å²) in [6.45, 7) is 0.578. The maximum Gasteiger partial charge on any atom is 0.209 e. The van der Waals surface area contributed by atoms with Crippen LogP contribution in [0.15, 0.2) is 24.3 Å². The lowest BCUT2D eigenvalue weighted by molar-refractivity contribution is 0.0626. The highest BCUT2D eigenvalue weighted by Gasteiger charge is 2.50. The Morgan fingerprint density at radius 1 is 1.27 bits per heavy atom. The Morgan fingerprint density at radius 2 is 2.08 bits per heavy atom. The molecule has 1 aromatic carbocycles. The fourth-order valence-electron chi connectivity index (χ4n) is 3.43. The predicted octanol–water partition coefficient (Wildman–Crippen LogP) is -0.395. The van der Waals surface area contributed by atoms with Gasteiger partial charge in [0.1, 0.15) is 24.0 Å². The molecule has 2 fully saturated rings. The average molecular weight is 381 g/mol. The van der Waals surface area contributed by atoms with Gasteiger partial charge in [0.2, 0.25) is 10.0 Å². The molecule has 140 valence electrons. The third-order valence-electron chi connectivity index (χ3n) is 4.53. The molecule has 4 rings (SSSR count). The number of fused-ring (bicyclic) bond motifs is 1. The largest absolute Gasteiger partial charge is 0.497 e. The zero-order valence-electron chi connectivity index (χ0n) is 14.3. The van der Waals surface area contributed by atoms with Gasteiger partial charge in [-0.15, -0.1) is 5.10 Å². The van der Waals surface area contributed by atoms with Gasteiger partial charge in [-0.05, 0) is 22.6 Å². The van der Waals surface area contributed by atoms with Crippen LogP contribution in [0.25, 0.3) is 11.4 Å². The second kappa shape index (κ2) is 6.58. The van der Waals surface area contributed by atoms with Crippen LogP contribution in [0, 0.1) is 0 Å². The zero-order valence-corrected chi connectivity index (χ0v) is 15.1. The highest BCUT2D eigenvalue weighted by Crippen LogP contribution is 2.36. The van der Waals surface area contributed by atoms with E-state index in [4.69, 9.17) is 14.2 Å². The van der Waals surface area contributed by atoms with E-state index in [2.05, 4.69) is 20.2 Å². The lowest BCUT2D eigenvalue weighted by Gasteiger charge is -2.17. The molecule has 2 aromatic rings. The second-order valence-corrected chi connectivity index (χ2v) is 8.12. The average Bonchev–Trinajstić information content (AvgIpc) is 3.30. The molecule has 0 aliphatic carbocycles. The summed E-state index contributed by atoms with van der Waals surface area (Å²) in [5, 5.41) is 12.0. The second-order valence-electron chi connectivity index (χ2n) is 6.34. The fraction of sp³-hybridized carbons (Fsp3) is 0.533. The van der Waals surface area contributed by atoms with Crippen molar-refractivity contribution in [2.45, 2.75) is 24.3 Å². The van der Waals surface area contributed by atoms with E-state index in [0.29, 0.717) is 18.2 Å². The summed E-state index contributed by atoms with van der Waals surface area (Å²) in [6.07, 6.45) is 0.411. The van der Waals surface area contributed by atoms with Crippen LogP contribution < -0.4 is 9.46 Å². The normalized spacial score (nSPS) is 28.2. The van der Waals surface area contributed by atoms with Crippen LogP contribution in [0.1, 0.15) is 6.04 Å². The van der Waals surface area contributed by atoms with Crippen molar-refractivity contribution >= 4 is 10.0 Å². The number of hydrogen-bond acceptors (Lipinski definition) is 8.